The molecule has 3 aromatic rings. The summed E-state index contributed by atoms with van der Waals surface area (Å²) in [6.45, 7) is 0.526. The van der Waals surface area contributed by atoms with Crippen molar-refractivity contribution in [2.24, 2.45) is 0 Å². The first-order valence-corrected chi connectivity index (χ1v) is 11.1. The van der Waals surface area contributed by atoms with Crippen molar-refractivity contribution in [2.45, 2.75) is 18.0 Å². The minimum absolute atomic E-state index is 0.124. The van der Waals surface area contributed by atoms with Gasteiger partial charge in [-0.05, 0) is 53.6 Å². The van der Waals surface area contributed by atoms with Crippen molar-refractivity contribution in [3.63, 3.8) is 0 Å². The van der Waals surface area contributed by atoms with Gasteiger partial charge >= 0.3 is 6.03 Å². The second kappa shape index (κ2) is 10.1. The van der Waals surface area contributed by atoms with E-state index in [4.69, 9.17) is 0 Å². The second-order valence-corrected chi connectivity index (χ2v) is 8.85. The number of amides is 2. The summed E-state index contributed by atoms with van der Waals surface area (Å²) in [7, 11) is 0.218. The van der Waals surface area contributed by atoms with Crippen molar-refractivity contribution in [3.05, 3.63) is 84.2 Å². The van der Waals surface area contributed by atoms with Gasteiger partial charge in [0.15, 0.2) is 0 Å². The summed E-state index contributed by atoms with van der Waals surface area (Å²) in [5.74, 6) is 0. The summed E-state index contributed by atoms with van der Waals surface area (Å²) in [5, 5.41) is 5.39. The number of carbonyl (C=O) groups excluding carboxylic acids is 1. The molecule has 1 aromatic heterocycles. The van der Waals surface area contributed by atoms with E-state index in [-0.39, 0.29) is 11.4 Å². The molecule has 31 heavy (non-hydrogen) atoms. The van der Waals surface area contributed by atoms with Gasteiger partial charge in [-0.1, -0.05) is 18.2 Å². The number of anilines is 2. The van der Waals surface area contributed by atoms with Crippen LogP contribution in [-0.2, 0) is 23.1 Å². The lowest BCUT2D eigenvalue weighted by molar-refractivity contribution is 0.251. The number of rotatable bonds is 8. The molecule has 0 aliphatic heterocycles. The number of sulfonamides is 1. The maximum absolute atomic E-state index is 12.5. The van der Waals surface area contributed by atoms with E-state index in [0.717, 1.165) is 16.8 Å². The molecule has 3 rings (SSSR count). The Morgan fingerprint density at radius 2 is 1.65 bits per heavy atom. The van der Waals surface area contributed by atoms with Crippen LogP contribution in [0.3, 0.4) is 0 Å². The van der Waals surface area contributed by atoms with Crippen LogP contribution in [0.2, 0.25) is 0 Å². The van der Waals surface area contributed by atoms with Gasteiger partial charge in [0.05, 0.1) is 4.90 Å². The largest absolute Gasteiger partial charge is 0.378 e. The Bertz CT molecular complexity index is 1100. The zero-order valence-electron chi connectivity index (χ0n) is 17.4. The Morgan fingerprint density at radius 1 is 0.935 bits per heavy atom. The summed E-state index contributed by atoms with van der Waals surface area (Å²) in [5.41, 5.74) is 3.26. The van der Waals surface area contributed by atoms with Crippen LogP contribution in [0.25, 0.3) is 0 Å². The predicted molar refractivity (Wildman–Crippen MR) is 121 cm³/mol. The van der Waals surface area contributed by atoms with Crippen molar-refractivity contribution >= 4 is 27.4 Å². The first kappa shape index (κ1) is 22.3. The fourth-order valence-corrected chi connectivity index (χ4v) is 3.77. The van der Waals surface area contributed by atoms with Crippen LogP contribution in [0.1, 0.15) is 11.1 Å². The number of pyridine rings is 1. The molecule has 0 unspecified atom stereocenters. The first-order valence-electron chi connectivity index (χ1n) is 9.63. The number of aromatic nitrogens is 1. The van der Waals surface area contributed by atoms with E-state index in [1.54, 1.807) is 30.6 Å². The van der Waals surface area contributed by atoms with Gasteiger partial charge in [-0.3, -0.25) is 4.98 Å². The number of carbonyl (C=O) groups is 1. The Hall–Kier alpha value is -3.43. The quantitative estimate of drug-likeness (QED) is 0.501. The molecule has 3 N–H and O–H groups in total. The fraction of sp³-hybridized carbons (Fsp3) is 0.182. The average molecular weight is 440 g/mol. The van der Waals surface area contributed by atoms with Crippen molar-refractivity contribution in [1.82, 2.24) is 15.0 Å². The highest BCUT2D eigenvalue weighted by Gasteiger charge is 2.14. The Labute approximate surface area is 182 Å². The van der Waals surface area contributed by atoms with Gasteiger partial charge < -0.3 is 15.5 Å². The second-order valence-electron chi connectivity index (χ2n) is 7.08. The lowest BCUT2D eigenvalue weighted by Crippen LogP contribution is -2.28. The minimum Gasteiger partial charge on any atom is -0.378 e. The number of hydrogen-bond acceptors (Lipinski definition) is 5. The van der Waals surface area contributed by atoms with Crippen LogP contribution in [-0.4, -0.2) is 33.5 Å². The van der Waals surface area contributed by atoms with Crippen molar-refractivity contribution < 1.29 is 13.2 Å². The molecule has 0 saturated carbocycles. The number of nitrogens with zero attached hydrogens (tertiary/aromatic N) is 2. The van der Waals surface area contributed by atoms with Crippen molar-refractivity contribution in [1.29, 1.82) is 0 Å². The normalized spacial score (nSPS) is 11.0. The molecule has 162 valence electrons. The standard InChI is InChI=1S/C22H25N5O3S/c1-27(2)20-9-5-17(6-10-20)16-25-31(29,30)21-11-7-19(8-12-21)26-22(28)24-15-18-4-3-13-23-14-18/h3-14,25H,15-16H2,1-2H3,(H2,24,26,28). The first-order chi connectivity index (χ1) is 14.8. The van der Waals surface area contributed by atoms with E-state index in [0.29, 0.717) is 12.2 Å². The Morgan fingerprint density at radius 3 is 2.26 bits per heavy atom. The summed E-state index contributed by atoms with van der Waals surface area (Å²) in [6, 6.07) is 16.9. The summed E-state index contributed by atoms with van der Waals surface area (Å²) in [6.07, 6.45) is 3.33. The molecule has 0 atom stereocenters. The van der Waals surface area contributed by atoms with Crippen LogP contribution in [0, 0.1) is 0 Å². The molecule has 8 nitrogen and oxygen atoms in total. The third-order valence-electron chi connectivity index (χ3n) is 4.52. The minimum atomic E-state index is -3.67. The fourth-order valence-electron chi connectivity index (χ4n) is 2.75. The molecule has 9 heteroatoms. The number of benzene rings is 2. The number of hydrogen-bond donors (Lipinski definition) is 3. The molecule has 0 radical (unpaired) electrons. The zero-order valence-corrected chi connectivity index (χ0v) is 18.2. The van der Waals surface area contributed by atoms with Crippen molar-refractivity contribution in [2.75, 3.05) is 24.3 Å². The smallest absolute Gasteiger partial charge is 0.319 e. The molecule has 0 aliphatic rings. The summed E-state index contributed by atoms with van der Waals surface area (Å²) in [4.78, 5) is 18.1. The average Bonchev–Trinajstić information content (AvgIpc) is 2.78. The van der Waals surface area contributed by atoms with Crippen LogP contribution in [0.5, 0.6) is 0 Å². The molecule has 0 saturated heterocycles. The van der Waals surface area contributed by atoms with E-state index >= 15 is 0 Å². The molecule has 0 fully saturated rings. The third-order valence-corrected chi connectivity index (χ3v) is 5.93. The SMILES string of the molecule is CN(C)c1ccc(CNS(=O)(=O)c2ccc(NC(=O)NCc3cccnc3)cc2)cc1. The molecule has 2 amide bonds. The number of nitrogens with one attached hydrogen (secondary N) is 3. The highest BCUT2D eigenvalue weighted by Crippen LogP contribution is 2.16. The lowest BCUT2D eigenvalue weighted by atomic mass is 10.2. The zero-order chi connectivity index (χ0) is 22.3. The van der Waals surface area contributed by atoms with Crippen LogP contribution >= 0.6 is 0 Å². The van der Waals surface area contributed by atoms with Crippen LogP contribution < -0.4 is 20.3 Å². The Balaban J connectivity index is 1.53. The van der Waals surface area contributed by atoms with Crippen LogP contribution in [0.15, 0.2) is 78.0 Å². The maximum atomic E-state index is 12.5. The van der Waals surface area contributed by atoms with E-state index in [9.17, 15) is 13.2 Å². The molecule has 0 bridgehead atoms. The lowest BCUT2D eigenvalue weighted by Gasteiger charge is -2.13. The molecule has 2 aromatic carbocycles. The topological polar surface area (TPSA) is 103 Å². The number of urea groups is 1. The molecule has 1 heterocycles. The van der Waals surface area contributed by atoms with Crippen molar-refractivity contribution in [3.8, 4) is 0 Å². The highest BCUT2D eigenvalue weighted by molar-refractivity contribution is 7.89. The molecule has 0 aliphatic carbocycles. The van der Waals surface area contributed by atoms with Crippen LogP contribution in [0.4, 0.5) is 16.2 Å². The van der Waals surface area contributed by atoms with Gasteiger partial charge in [-0.2, -0.15) is 0 Å². The van der Waals surface area contributed by atoms with E-state index in [1.807, 2.05) is 49.3 Å². The summed E-state index contributed by atoms with van der Waals surface area (Å²) < 4.78 is 27.7. The van der Waals surface area contributed by atoms with Gasteiger partial charge in [0, 0.05) is 51.0 Å². The Kier molecular flexibility index (Phi) is 7.22. The third kappa shape index (κ3) is 6.53. The van der Waals surface area contributed by atoms with Gasteiger partial charge in [0.25, 0.3) is 0 Å². The van der Waals surface area contributed by atoms with Gasteiger partial charge in [-0.25, -0.2) is 17.9 Å². The van der Waals surface area contributed by atoms with E-state index in [1.165, 1.54) is 12.1 Å². The van der Waals surface area contributed by atoms with Gasteiger partial charge in [0.2, 0.25) is 10.0 Å². The van der Waals surface area contributed by atoms with Gasteiger partial charge in [-0.15, -0.1) is 0 Å². The molecular weight excluding hydrogens is 414 g/mol. The molecular formula is C22H25N5O3S. The van der Waals surface area contributed by atoms with E-state index in [2.05, 4.69) is 20.3 Å². The predicted octanol–water partition coefficient (Wildman–Crippen LogP) is 2.95. The monoisotopic (exact) mass is 439 g/mol. The van der Waals surface area contributed by atoms with Gasteiger partial charge in [0.1, 0.15) is 0 Å². The van der Waals surface area contributed by atoms with E-state index < -0.39 is 16.1 Å². The highest BCUT2D eigenvalue weighted by atomic mass is 32.2. The maximum Gasteiger partial charge on any atom is 0.319 e. The summed E-state index contributed by atoms with van der Waals surface area (Å²) >= 11 is 0. The molecule has 0 spiro atoms.